The van der Waals surface area contributed by atoms with E-state index < -0.39 is 15.4 Å². The molecule has 1 N–H and O–H groups in total. The van der Waals surface area contributed by atoms with Crippen molar-refractivity contribution in [3.8, 4) is 0 Å². The lowest BCUT2D eigenvalue weighted by atomic mass is 9.77. The number of carbonyl (C=O) groups excluding carboxylic acids is 1. The Hall–Kier alpha value is -2.00. The van der Waals surface area contributed by atoms with Gasteiger partial charge in [-0.05, 0) is 36.6 Å². The van der Waals surface area contributed by atoms with Gasteiger partial charge in [0.1, 0.15) is 5.01 Å². The van der Waals surface area contributed by atoms with Crippen molar-refractivity contribution < 1.29 is 13.2 Å². The number of anilines is 2. The zero-order valence-corrected chi connectivity index (χ0v) is 16.4. The zero-order valence-electron chi connectivity index (χ0n) is 14.8. The van der Waals surface area contributed by atoms with Gasteiger partial charge in [0.05, 0.1) is 4.90 Å². The van der Waals surface area contributed by atoms with E-state index in [4.69, 9.17) is 0 Å². The molecule has 1 saturated carbocycles. The number of fused-ring (bicyclic) bond motifs is 1. The molecule has 0 atom stereocenters. The van der Waals surface area contributed by atoms with Gasteiger partial charge in [0.15, 0.2) is 0 Å². The van der Waals surface area contributed by atoms with Crippen LogP contribution in [0.1, 0.15) is 49.6 Å². The average molecular weight is 393 g/mol. The smallest absolute Gasteiger partial charge is 0.263 e. The van der Waals surface area contributed by atoms with E-state index in [-0.39, 0.29) is 15.9 Å². The van der Waals surface area contributed by atoms with Crippen molar-refractivity contribution in [2.45, 2.75) is 49.3 Å². The Bertz CT molecular complexity index is 993. The van der Waals surface area contributed by atoms with E-state index in [1.807, 2.05) is 13.8 Å². The number of hydrogen-bond donors (Lipinski definition) is 1. The van der Waals surface area contributed by atoms with Crippen molar-refractivity contribution in [2.24, 2.45) is 0 Å². The Balaban J connectivity index is 1.67. The standard InChI is InChI=1S/C17H20N4O3S2/c1-17(2)9-14(22)21(3)13-7-6-11(8-12(13)17)26(23,24)20-16-19-18-15(25-16)10-4-5-10/h6-8,10H,4-5,9H2,1-3H3,(H,19,20). The molecule has 2 aliphatic rings. The predicted molar refractivity (Wildman–Crippen MR) is 100 cm³/mol. The van der Waals surface area contributed by atoms with Gasteiger partial charge in [-0.25, -0.2) is 8.42 Å². The monoisotopic (exact) mass is 392 g/mol. The molecule has 2 aromatic rings. The summed E-state index contributed by atoms with van der Waals surface area (Å²) in [5.41, 5.74) is 1.17. The van der Waals surface area contributed by atoms with E-state index in [0.717, 1.165) is 29.1 Å². The number of carbonyl (C=O) groups is 1. The number of amides is 1. The normalized spacial score (nSPS) is 19.3. The van der Waals surface area contributed by atoms with Crippen LogP contribution >= 0.6 is 11.3 Å². The van der Waals surface area contributed by atoms with Gasteiger partial charge in [-0.2, -0.15) is 0 Å². The molecule has 0 unspecified atom stereocenters. The van der Waals surface area contributed by atoms with E-state index in [2.05, 4.69) is 14.9 Å². The van der Waals surface area contributed by atoms with Crippen LogP contribution in [0.2, 0.25) is 0 Å². The van der Waals surface area contributed by atoms with E-state index >= 15 is 0 Å². The number of rotatable bonds is 4. The summed E-state index contributed by atoms with van der Waals surface area (Å²) in [5.74, 6) is 0.459. The molecule has 0 spiro atoms. The third kappa shape index (κ3) is 2.99. The van der Waals surface area contributed by atoms with Crippen LogP contribution in [0.5, 0.6) is 0 Å². The molecular weight excluding hydrogens is 372 g/mol. The highest BCUT2D eigenvalue weighted by Crippen LogP contribution is 2.43. The topological polar surface area (TPSA) is 92.3 Å². The van der Waals surface area contributed by atoms with Crippen LogP contribution in [-0.2, 0) is 20.2 Å². The molecule has 0 bridgehead atoms. The molecule has 1 aromatic heterocycles. The number of sulfonamides is 1. The summed E-state index contributed by atoms with van der Waals surface area (Å²) in [7, 11) is -2.05. The lowest BCUT2D eigenvalue weighted by molar-refractivity contribution is -0.119. The molecule has 9 heteroatoms. The van der Waals surface area contributed by atoms with Crippen LogP contribution in [0.4, 0.5) is 10.8 Å². The minimum atomic E-state index is -3.77. The molecule has 138 valence electrons. The molecule has 1 aliphatic carbocycles. The second-order valence-corrected chi connectivity index (χ2v) is 10.2. The van der Waals surface area contributed by atoms with Crippen LogP contribution in [-0.4, -0.2) is 31.6 Å². The van der Waals surface area contributed by atoms with Gasteiger partial charge in [0, 0.05) is 30.5 Å². The molecule has 4 rings (SSSR count). The second kappa shape index (κ2) is 5.75. The maximum atomic E-state index is 12.8. The minimum Gasteiger partial charge on any atom is -0.315 e. The molecule has 0 radical (unpaired) electrons. The molecule has 1 amide bonds. The Morgan fingerprint density at radius 2 is 2.00 bits per heavy atom. The third-order valence-corrected chi connectivity index (χ3v) is 7.39. The fourth-order valence-electron chi connectivity index (χ4n) is 3.19. The second-order valence-electron chi connectivity index (χ2n) is 7.52. The Labute approximate surface area is 156 Å². The molecule has 26 heavy (non-hydrogen) atoms. The molecule has 7 nitrogen and oxygen atoms in total. The highest BCUT2D eigenvalue weighted by molar-refractivity contribution is 7.93. The lowest BCUT2D eigenvalue weighted by Crippen LogP contribution is -2.39. The summed E-state index contributed by atoms with van der Waals surface area (Å²) in [6.07, 6.45) is 2.52. The number of aromatic nitrogens is 2. The zero-order chi connectivity index (χ0) is 18.7. The van der Waals surface area contributed by atoms with E-state index in [1.54, 1.807) is 24.1 Å². The highest BCUT2D eigenvalue weighted by atomic mass is 32.2. The van der Waals surface area contributed by atoms with E-state index in [9.17, 15) is 13.2 Å². The van der Waals surface area contributed by atoms with E-state index in [0.29, 0.717) is 12.3 Å². The van der Waals surface area contributed by atoms with Crippen molar-refractivity contribution in [1.29, 1.82) is 0 Å². The highest BCUT2D eigenvalue weighted by Gasteiger charge is 2.36. The molecule has 1 fully saturated rings. The van der Waals surface area contributed by atoms with Gasteiger partial charge >= 0.3 is 0 Å². The minimum absolute atomic E-state index is 0.0256. The average Bonchev–Trinajstić information content (AvgIpc) is 3.32. The number of hydrogen-bond acceptors (Lipinski definition) is 6. The van der Waals surface area contributed by atoms with Gasteiger partial charge < -0.3 is 4.90 Å². The molecule has 1 aromatic carbocycles. The lowest BCUT2D eigenvalue weighted by Gasteiger charge is -2.37. The summed E-state index contributed by atoms with van der Waals surface area (Å²) >= 11 is 1.29. The molecule has 2 heterocycles. The molecule has 1 aliphatic heterocycles. The fourth-order valence-corrected chi connectivity index (χ4v) is 5.36. The first-order valence-corrected chi connectivity index (χ1v) is 10.7. The van der Waals surface area contributed by atoms with Crippen molar-refractivity contribution in [3.63, 3.8) is 0 Å². The van der Waals surface area contributed by atoms with Crippen molar-refractivity contribution >= 4 is 38.1 Å². The van der Waals surface area contributed by atoms with Crippen molar-refractivity contribution in [1.82, 2.24) is 10.2 Å². The number of nitrogens with zero attached hydrogens (tertiary/aromatic N) is 3. The van der Waals surface area contributed by atoms with Crippen LogP contribution in [0.3, 0.4) is 0 Å². The quantitative estimate of drug-likeness (QED) is 0.864. The SMILES string of the molecule is CN1C(=O)CC(C)(C)c2cc(S(=O)(=O)Nc3nnc(C4CC4)s3)ccc21. The third-order valence-electron chi connectivity index (χ3n) is 4.92. The summed E-state index contributed by atoms with van der Waals surface area (Å²) in [5, 5.41) is 9.19. The Kier molecular flexibility index (Phi) is 3.85. The molecule has 0 saturated heterocycles. The molecular formula is C17H20N4O3S2. The summed E-state index contributed by atoms with van der Waals surface area (Å²) in [6, 6.07) is 4.87. The van der Waals surface area contributed by atoms with Crippen molar-refractivity contribution in [3.05, 3.63) is 28.8 Å². The first-order chi connectivity index (χ1) is 12.2. The van der Waals surface area contributed by atoms with Gasteiger partial charge in [0.25, 0.3) is 10.0 Å². The van der Waals surface area contributed by atoms with Gasteiger partial charge in [0.2, 0.25) is 11.0 Å². The predicted octanol–water partition coefficient (Wildman–Crippen LogP) is 2.86. The van der Waals surface area contributed by atoms with E-state index in [1.165, 1.54) is 17.4 Å². The first kappa shape index (κ1) is 17.4. The fraction of sp³-hybridized carbons (Fsp3) is 0.471. The maximum absolute atomic E-state index is 12.8. The Morgan fingerprint density at radius 3 is 2.69 bits per heavy atom. The summed E-state index contributed by atoms with van der Waals surface area (Å²) < 4.78 is 28.1. The summed E-state index contributed by atoms with van der Waals surface area (Å²) in [4.78, 5) is 13.9. The van der Waals surface area contributed by atoms with Crippen LogP contribution in [0.15, 0.2) is 23.1 Å². The number of benzene rings is 1. The van der Waals surface area contributed by atoms with Crippen molar-refractivity contribution in [2.75, 3.05) is 16.7 Å². The number of nitrogens with one attached hydrogen (secondary N) is 1. The van der Waals surface area contributed by atoms with Gasteiger partial charge in [-0.1, -0.05) is 25.2 Å². The van der Waals surface area contributed by atoms with Crippen LogP contribution < -0.4 is 9.62 Å². The van der Waals surface area contributed by atoms with Crippen LogP contribution in [0, 0.1) is 0 Å². The first-order valence-electron chi connectivity index (χ1n) is 8.45. The largest absolute Gasteiger partial charge is 0.315 e. The van der Waals surface area contributed by atoms with Gasteiger partial charge in [-0.3, -0.25) is 9.52 Å². The van der Waals surface area contributed by atoms with Crippen LogP contribution in [0.25, 0.3) is 0 Å². The summed E-state index contributed by atoms with van der Waals surface area (Å²) in [6.45, 7) is 3.90. The maximum Gasteiger partial charge on any atom is 0.263 e. The Morgan fingerprint density at radius 1 is 1.27 bits per heavy atom. The van der Waals surface area contributed by atoms with Gasteiger partial charge in [-0.15, -0.1) is 10.2 Å².